The summed E-state index contributed by atoms with van der Waals surface area (Å²) in [5.74, 6) is 2.61. The van der Waals surface area contributed by atoms with E-state index in [-0.39, 0.29) is 5.91 Å². The summed E-state index contributed by atoms with van der Waals surface area (Å²) in [6, 6.07) is 5.53. The van der Waals surface area contributed by atoms with Crippen LogP contribution >= 0.6 is 0 Å². The average Bonchev–Trinajstić information content (AvgIpc) is 2.75. The topological polar surface area (TPSA) is 73.8 Å². The lowest BCUT2D eigenvalue weighted by atomic mass is 9.90. The Balaban J connectivity index is 1.65. The molecule has 2 aromatic rings. The second-order valence-corrected chi connectivity index (χ2v) is 7.27. The third-order valence-corrected chi connectivity index (χ3v) is 5.38. The zero-order valence-electron chi connectivity index (χ0n) is 17.6. The molecule has 1 amide bonds. The Morgan fingerprint density at radius 2 is 1.90 bits per heavy atom. The number of aromatic nitrogens is 2. The Morgan fingerprint density at radius 1 is 1.14 bits per heavy atom. The minimum atomic E-state index is 0.103. The van der Waals surface area contributed by atoms with Crippen LogP contribution in [0.25, 0.3) is 0 Å². The Kier molecular flexibility index (Phi) is 7.04. The van der Waals surface area contributed by atoms with Crippen molar-refractivity contribution >= 4 is 5.91 Å². The van der Waals surface area contributed by atoms with E-state index in [2.05, 4.69) is 9.97 Å². The van der Waals surface area contributed by atoms with Crippen molar-refractivity contribution in [3.63, 3.8) is 0 Å². The standard InChI is InChI=1S/C22H29N3O4/c1-15-23-13-18(14-27-2)22(24-15)16-7-9-25(10-8-16)21(26)12-17-11-19(28-3)5-6-20(17)29-4/h5-6,11,13,16H,7-10,12,14H2,1-4H3. The van der Waals surface area contributed by atoms with Crippen LogP contribution in [-0.2, 0) is 22.6 Å². The van der Waals surface area contributed by atoms with Crippen molar-refractivity contribution in [3.8, 4) is 11.5 Å². The molecule has 0 radical (unpaired) electrons. The van der Waals surface area contributed by atoms with Crippen molar-refractivity contribution < 1.29 is 19.0 Å². The first-order valence-electron chi connectivity index (χ1n) is 9.85. The van der Waals surface area contributed by atoms with Crippen LogP contribution in [0.15, 0.2) is 24.4 Å². The van der Waals surface area contributed by atoms with Crippen molar-refractivity contribution in [2.45, 2.75) is 38.7 Å². The van der Waals surface area contributed by atoms with Crippen LogP contribution in [0.3, 0.4) is 0 Å². The van der Waals surface area contributed by atoms with E-state index < -0.39 is 0 Å². The van der Waals surface area contributed by atoms with Gasteiger partial charge in [0, 0.05) is 43.4 Å². The van der Waals surface area contributed by atoms with Gasteiger partial charge in [-0.15, -0.1) is 0 Å². The highest BCUT2D eigenvalue weighted by atomic mass is 16.5. The molecule has 0 N–H and O–H groups in total. The molecule has 1 aliphatic rings. The number of likely N-dealkylation sites (tertiary alicyclic amines) is 1. The van der Waals surface area contributed by atoms with Gasteiger partial charge in [0.2, 0.25) is 5.91 Å². The van der Waals surface area contributed by atoms with Gasteiger partial charge in [-0.3, -0.25) is 4.79 Å². The monoisotopic (exact) mass is 399 g/mol. The molecule has 0 bridgehead atoms. The number of carbonyl (C=O) groups is 1. The van der Waals surface area contributed by atoms with Gasteiger partial charge in [0.25, 0.3) is 0 Å². The van der Waals surface area contributed by atoms with Gasteiger partial charge in [-0.05, 0) is 38.0 Å². The Hall–Kier alpha value is -2.67. The number of carbonyl (C=O) groups excluding carboxylic acids is 1. The van der Waals surface area contributed by atoms with E-state index in [1.54, 1.807) is 21.3 Å². The zero-order chi connectivity index (χ0) is 20.8. The number of benzene rings is 1. The lowest BCUT2D eigenvalue weighted by Gasteiger charge is -2.32. The number of rotatable bonds is 7. The number of hydrogen-bond acceptors (Lipinski definition) is 6. The van der Waals surface area contributed by atoms with Gasteiger partial charge < -0.3 is 19.1 Å². The summed E-state index contributed by atoms with van der Waals surface area (Å²) < 4.78 is 16.0. The maximum absolute atomic E-state index is 12.9. The lowest BCUT2D eigenvalue weighted by Crippen LogP contribution is -2.39. The normalized spacial score (nSPS) is 14.7. The Bertz CT molecular complexity index is 848. The van der Waals surface area contributed by atoms with E-state index in [9.17, 15) is 4.79 Å². The molecule has 0 spiro atoms. The van der Waals surface area contributed by atoms with Crippen LogP contribution in [0.2, 0.25) is 0 Å². The summed E-state index contributed by atoms with van der Waals surface area (Å²) in [6.07, 6.45) is 3.92. The first-order chi connectivity index (χ1) is 14.0. The van der Waals surface area contributed by atoms with E-state index in [1.807, 2.05) is 36.2 Å². The van der Waals surface area contributed by atoms with E-state index in [0.29, 0.717) is 37.8 Å². The summed E-state index contributed by atoms with van der Waals surface area (Å²) in [4.78, 5) is 23.8. The van der Waals surface area contributed by atoms with Gasteiger partial charge in [-0.1, -0.05) is 0 Å². The van der Waals surface area contributed by atoms with Crippen LogP contribution in [0.1, 0.15) is 41.4 Å². The fourth-order valence-electron chi connectivity index (χ4n) is 3.83. The van der Waals surface area contributed by atoms with Crippen molar-refractivity contribution in [1.29, 1.82) is 0 Å². The van der Waals surface area contributed by atoms with Crippen LogP contribution < -0.4 is 9.47 Å². The van der Waals surface area contributed by atoms with Gasteiger partial charge in [-0.25, -0.2) is 9.97 Å². The lowest BCUT2D eigenvalue weighted by molar-refractivity contribution is -0.131. The highest BCUT2D eigenvalue weighted by molar-refractivity contribution is 5.79. The molecule has 1 aromatic carbocycles. The molecule has 156 valence electrons. The largest absolute Gasteiger partial charge is 0.497 e. The fraction of sp³-hybridized carbons (Fsp3) is 0.500. The number of piperidine rings is 1. The molecule has 0 saturated carbocycles. The van der Waals surface area contributed by atoms with Gasteiger partial charge >= 0.3 is 0 Å². The average molecular weight is 399 g/mol. The van der Waals surface area contributed by atoms with Crippen LogP contribution in [0.5, 0.6) is 11.5 Å². The molecular formula is C22H29N3O4. The number of nitrogens with zero attached hydrogens (tertiary/aromatic N) is 3. The van der Waals surface area contributed by atoms with Gasteiger partial charge in [0.15, 0.2) is 0 Å². The number of aryl methyl sites for hydroxylation is 1. The van der Waals surface area contributed by atoms with Gasteiger partial charge in [-0.2, -0.15) is 0 Å². The molecular weight excluding hydrogens is 370 g/mol. The summed E-state index contributed by atoms with van der Waals surface area (Å²) in [6.45, 7) is 3.83. The maximum Gasteiger partial charge on any atom is 0.227 e. The number of hydrogen-bond donors (Lipinski definition) is 0. The first-order valence-corrected chi connectivity index (χ1v) is 9.85. The van der Waals surface area contributed by atoms with E-state index in [0.717, 1.165) is 41.2 Å². The molecule has 3 rings (SSSR count). The SMILES string of the molecule is COCc1cnc(C)nc1C1CCN(C(=O)Cc2cc(OC)ccc2OC)CC1. The molecule has 0 unspecified atom stereocenters. The minimum absolute atomic E-state index is 0.103. The molecule has 1 saturated heterocycles. The molecule has 1 fully saturated rings. The predicted molar refractivity (Wildman–Crippen MR) is 109 cm³/mol. The second kappa shape index (κ2) is 9.69. The first kappa shape index (κ1) is 21.0. The number of methoxy groups -OCH3 is 3. The molecule has 0 aliphatic carbocycles. The Labute approximate surface area is 172 Å². The molecule has 0 atom stereocenters. The van der Waals surface area contributed by atoms with E-state index >= 15 is 0 Å². The predicted octanol–water partition coefficient (Wildman–Crippen LogP) is 2.90. The zero-order valence-corrected chi connectivity index (χ0v) is 17.6. The van der Waals surface area contributed by atoms with Crippen LogP contribution in [-0.4, -0.2) is 55.2 Å². The highest BCUT2D eigenvalue weighted by Gasteiger charge is 2.27. The molecule has 7 nitrogen and oxygen atoms in total. The van der Waals surface area contributed by atoms with Crippen molar-refractivity contribution in [2.75, 3.05) is 34.4 Å². The third kappa shape index (κ3) is 5.03. The number of ether oxygens (including phenoxy) is 3. The third-order valence-electron chi connectivity index (χ3n) is 5.38. The van der Waals surface area contributed by atoms with Crippen LogP contribution in [0, 0.1) is 6.92 Å². The fourth-order valence-corrected chi connectivity index (χ4v) is 3.83. The summed E-state index contributed by atoms with van der Waals surface area (Å²) in [5.41, 5.74) is 2.93. The van der Waals surface area contributed by atoms with E-state index in [4.69, 9.17) is 14.2 Å². The van der Waals surface area contributed by atoms with Crippen LogP contribution in [0.4, 0.5) is 0 Å². The molecule has 2 heterocycles. The van der Waals surface area contributed by atoms with Crippen molar-refractivity contribution in [2.24, 2.45) is 0 Å². The molecule has 29 heavy (non-hydrogen) atoms. The minimum Gasteiger partial charge on any atom is -0.497 e. The smallest absolute Gasteiger partial charge is 0.227 e. The summed E-state index contributed by atoms with van der Waals surface area (Å²) in [7, 11) is 4.91. The van der Waals surface area contributed by atoms with E-state index in [1.165, 1.54) is 0 Å². The molecule has 7 heteroatoms. The second-order valence-electron chi connectivity index (χ2n) is 7.27. The number of amides is 1. The molecule has 1 aromatic heterocycles. The van der Waals surface area contributed by atoms with Crippen molar-refractivity contribution in [3.05, 3.63) is 47.0 Å². The Morgan fingerprint density at radius 3 is 2.55 bits per heavy atom. The van der Waals surface area contributed by atoms with Gasteiger partial charge in [0.05, 0.1) is 32.9 Å². The molecule has 1 aliphatic heterocycles. The summed E-state index contributed by atoms with van der Waals surface area (Å²) >= 11 is 0. The highest BCUT2D eigenvalue weighted by Crippen LogP contribution is 2.30. The maximum atomic E-state index is 12.9. The van der Waals surface area contributed by atoms with Gasteiger partial charge in [0.1, 0.15) is 17.3 Å². The quantitative estimate of drug-likeness (QED) is 0.713. The van der Waals surface area contributed by atoms with Crippen molar-refractivity contribution in [1.82, 2.24) is 14.9 Å². The summed E-state index contributed by atoms with van der Waals surface area (Å²) in [5, 5.41) is 0.